The lowest BCUT2D eigenvalue weighted by atomic mass is 10.0. The third kappa shape index (κ3) is 4.69. The lowest BCUT2D eigenvalue weighted by Gasteiger charge is -2.26. The van der Waals surface area contributed by atoms with Crippen LogP contribution in [0.5, 0.6) is 0 Å². The molecule has 1 amide bonds. The van der Waals surface area contributed by atoms with Crippen LogP contribution in [-0.2, 0) is 4.79 Å². The summed E-state index contributed by atoms with van der Waals surface area (Å²) < 4.78 is 0. The van der Waals surface area contributed by atoms with Crippen molar-refractivity contribution < 1.29 is 9.90 Å². The van der Waals surface area contributed by atoms with Crippen LogP contribution in [0.4, 0.5) is 5.69 Å². The molecule has 0 aromatic heterocycles. The molecule has 2 N–H and O–H groups in total. The highest BCUT2D eigenvalue weighted by atomic mass is 16.3. The van der Waals surface area contributed by atoms with Crippen molar-refractivity contribution in [2.45, 2.75) is 31.4 Å². The number of carbonyl (C=O) groups is 1. The van der Waals surface area contributed by atoms with Crippen molar-refractivity contribution in [1.82, 2.24) is 4.90 Å². The molecule has 1 heterocycles. The van der Waals surface area contributed by atoms with Gasteiger partial charge < -0.3 is 10.4 Å². The first-order valence-electron chi connectivity index (χ1n) is 8.93. The summed E-state index contributed by atoms with van der Waals surface area (Å²) in [5.41, 5.74) is 2.07. The Labute approximate surface area is 153 Å². The van der Waals surface area contributed by atoms with Crippen LogP contribution in [0.1, 0.15) is 36.5 Å². The Bertz CT molecular complexity index is 785. The molecule has 0 aliphatic carbocycles. The van der Waals surface area contributed by atoms with Gasteiger partial charge in [0.05, 0.1) is 24.3 Å². The van der Waals surface area contributed by atoms with E-state index in [1.165, 1.54) is 0 Å². The van der Waals surface area contributed by atoms with E-state index in [4.69, 9.17) is 5.26 Å². The Kier molecular flexibility index (Phi) is 6.00. The average molecular weight is 349 g/mol. The molecule has 1 saturated heterocycles. The number of rotatable bonds is 6. The minimum Gasteiger partial charge on any atom is -0.388 e. The Morgan fingerprint density at radius 1 is 1.27 bits per heavy atom. The summed E-state index contributed by atoms with van der Waals surface area (Å²) in [6.07, 6.45) is 2.13. The summed E-state index contributed by atoms with van der Waals surface area (Å²) in [7, 11) is 0. The molecule has 0 radical (unpaired) electrons. The zero-order valence-electron chi connectivity index (χ0n) is 14.6. The first-order chi connectivity index (χ1) is 12.7. The Morgan fingerprint density at radius 2 is 2.08 bits per heavy atom. The second-order valence-electron chi connectivity index (χ2n) is 6.67. The quantitative estimate of drug-likeness (QED) is 0.840. The van der Waals surface area contributed by atoms with Crippen LogP contribution in [0.3, 0.4) is 0 Å². The largest absolute Gasteiger partial charge is 0.388 e. The molecule has 2 unspecified atom stereocenters. The number of nitriles is 1. The minimum atomic E-state index is -0.517. The number of aliphatic hydroxyl groups is 1. The number of nitrogens with zero attached hydrogens (tertiary/aromatic N) is 2. The maximum absolute atomic E-state index is 12.4. The second-order valence-corrected chi connectivity index (χ2v) is 6.67. The third-order valence-corrected chi connectivity index (χ3v) is 4.80. The molecule has 0 bridgehead atoms. The van der Waals surface area contributed by atoms with Gasteiger partial charge in [-0.15, -0.1) is 0 Å². The van der Waals surface area contributed by atoms with Crippen molar-refractivity contribution in [3.63, 3.8) is 0 Å². The van der Waals surface area contributed by atoms with Crippen LogP contribution < -0.4 is 5.32 Å². The third-order valence-electron chi connectivity index (χ3n) is 4.80. The van der Waals surface area contributed by atoms with E-state index in [1.807, 2.05) is 30.3 Å². The molecule has 3 rings (SSSR count). The Morgan fingerprint density at radius 3 is 2.85 bits per heavy atom. The average Bonchev–Trinajstić information content (AvgIpc) is 3.09. The summed E-state index contributed by atoms with van der Waals surface area (Å²) in [5.74, 6) is -0.0961. The maximum atomic E-state index is 12.4. The van der Waals surface area contributed by atoms with Gasteiger partial charge in [-0.3, -0.25) is 9.69 Å². The van der Waals surface area contributed by atoms with Gasteiger partial charge in [-0.1, -0.05) is 36.4 Å². The van der Waals surface area contributed by atoms with Crippen LogP contribution in [0.15, 0.2) is 54.6 Å². The molecule has 1 aliphatic rings. The molecule has 26 heavy (non-hydrogen) atoms. The van der Waals surface area contributed by atoms with E-state index < -0.39 is 6.10 Å². The topological polar surface area (TPSA) is 76.4 Å². The van der Waals surface area contributed by atoms with Crippen molar-refractivity contribution in [1.29, 1.82) is 5.26 Å². The number of nitrogens with one attached hydrogen (secondary N) is 1. The van der Waals surface area contributed by atoms with E-state index in [1.54, 1.807) is 24.3 Å². The number of aliphatic hydroxyl groups excluding tert-OH is 1. The zero-order chi connectivity index (χ0) is 18.4. The Balaban J connectivity index is 1.56. The van der Waals surface area contributed by atoms with Crippen LogP contribution in [0, 0.1) is 11.3 Å². The van der Waals surface area contributed by atoms with Gasteiger partial charge in [0.1, 0.15) is 0 Å². The molecule has 1 fully saturated rings. The fourth-order valence-corrected chi connectivity index (χ4v) is 3.49. The van der Waals surface area contributed by atoms with Gasteiger partial charge in [-0.05, 0) is 49.6 Å². The van der Waals surface area contributed by atoms with Crippen molar-refractivity contribution in [3.05, 3.63) is 65.7 Å². The van der Waals surface area contributed by atoms with Gasteiger partial charge in [-0.2, -0.15) is 5.26 Å². The summed E-state index contributed by atoms with van der Waals surface area (Å²) in [5, 5.41) is 22.3. The van der Waals surface area contributed by atoms with Gasteiger partial charge in [0.2, 0.25) is 5.91 Å². The number of anilines is 1. The summed E-state index contributed by atoms with van der Waals surface area (Å²) in [6, 6.07) is 18.8. The predicted octanol–water partition coefficient (Wildman–Crippen LogP) is 3.08. The maximum Gasteiger partial charge on any atom is 0.238 e. The number of likely N-dealkylation sites (tertiary alicyclic amines) is 1. The molecule has 0 saturated carbocycles. The van der Waals surface area contributed by atoms with Crippen LogP contribution >= 0.6 is 0 Å². The second kappa shape index (κ2) is 8.61. The van der Waals surface area contributed by atoms with E-state index in [2.05, 4.69) is 16.3 Å². The van der Waals surface area contributed by atoms with Crippen molar-refractivity contribution in [3.8, 4) is 6.07 Å². The molecule has 2 aromatic rings. The summed E-state index contributed by atoms with van der Waals surface area (Å²) >= 11 is 0. The summed E-state index contributed by atoms with van der Waals surface area (Å²) in [4.78, 5) is 14.5. The lowest BCUT2D eigenvalue weighted by molar-refractivity contribution is -0.117. The first kappa shape index (κ1) is 18.1. The smallest absolute Gasteiger partial charge is 0.238 e. The van der Waals surface area contributed by atoms with Crippen molar-refractivity contribution in [2.24, 2.45) is 0 Å². The van der Waals surface area contributed by atoms with Crippen molar-refractivity contribution in [2.75, 3.05) is 18.4 Å². The van der Waals surface area contributed by atoms with Crippen LogP contribution in [0.25, 0.3) is 0 Å². The molecule has 5 heteroatoms. The van der Waals surface area contributed by atoms with E-state index >= 15 is 0 Å². The molecule has 2 aromatic carbocycles. The highest BCUT2D eigenvalue weighted by Gasteiger charge is 2.28. The summed E-state index contributed by atoms with van der Waals surface area (Å²) in [6.45, 7) is 1.15. The zero-order valence-corrected chi connectivity index (χ0v) is 14.6. The monoisotopic (exact) mass is 349 g/mol. The molecule has 134 valence electrons. The molecule has 2 atom stereocenters. The van der Waals surface area contributed by atoms with E-state index in [9.17, 15) is 9.90 Å². The van der Waals surface area contributed by atoms with Crippen LogP contribution in [-0.4, -0.2) is 35.0 Å². The number of carbonyl (C=O) groups excluding carboxylic acids is 1. The number of hydrogen-bond donors (Lipinski definition) is 2. The van der Waals surface area contributed by atoms with E-state index in [0.29, 0.717) is 24.2 Å². The van der Waals surface area contributed by atoms with E-state index in [0.717, 1.165) is 24.9 Å². The highest BCUT2D eigenvalue weighted by Crippen LogP contribution is 2.27. The molecular weight excluding hydrogens is 326 g/mol. The molecule has 0 spiro atoms. The van der Waals surface area contributed by atoms with Gasteiger partial charge in [0.15, 0.2) is 0 Å². The molecule has 1 aliphatic heterocycles. The lowest BCUT2D eigenvalue weighted by Crippen LogP contribution is -2.37. The minimum absolute atomic E-state index is 0.0961. The normalized spacial score (nSPS) is 18.2. The predicted molar refractivity (Wildman–Crippen MR) is 100 cm³/mol. The molecule has 5 nitrogen and oxygen atoms in total. The van der Waals surface area contributed by atoms with Crippen LogP contribution in [0.2, 0.25) is 0 Å². The van der Waals surface area contributed by atoms with Gasteiger partial charge >= 0.3 is 0 Å². The van der Waals surface area contributed by atoms with E-state index in [-0.39, 0.29) is 11.9 Å². The number of benzene rings is 2. The highest BCUT2D eigenvalue weighted by molar-refractivity contribution is 5.92. The SMILES string of the molecule is N#Cc1cccc(NC(=O)CN2CCCC2CC(O)c2ccccc2)c1. The Hall–Kier alpha value is -2.68. The first-order valence-corrected chi connectivity index (χ1v) is 8.93. The fourth-order valence-electron chi connectivity index (χ4n) is 3.49. The standard InChI is InChI=1S/C21H23N3O2/c22-14-16-6-4-9-18(12-16)23-21(26)15-24-11-5-10-19(24)13-20(25)17-7-2-1-3-8-17/h1-4,6-9,12,19-20,25H,5,10-11,13,15H2,(H,23,26). The van der Waals surface area contributed by atoms with Gasteiger partial charge in [0, 0.05) is 11.7 Å². The van der Waals surface area contributed by atoms with Gasteiger partial charge in [-0.25, -0.2) is 0 Å². The number of hydrogen-bond acceptors (Lipinski definition) is 4. The molecular formula is C21H23N3O2. The fraction of sp³-hybridized carbons (Fsp3) is 0.333. The van der Waals surface area contributed by atoms with Gasteiger partial charge in [0.25, 0.3) is 0 Å². The number of amides is 1. The van der Waals surface area contributed by atoms with Crippen molar-refractivity contribution >= 4 is 11.6 Å².